The Kier molecular flexibility index (Phi) is 6.64. The summed E-state index contributed by atoms with van der Waals surface area (Å²) in [5.41, 5.74) is 6.95. The smallest absolute Gasteiger partial charge is 0.237 e. The molecule has 0 bridgehead atoms. The van der Waals surface area contributed by atoms with Gasteiger partial charge >= 0.3 is 0 Å². The minimum atomic E-state index is -0.412. The SMILES string of the molecule is Cc1ccsc1CNC(=O)C(N)C(C)C.Cl. The highest BCUT2D eigenvalue weighted by atomic mass is 35.5. The van der Waals surface area contributed by atoms with Crippen LogP contribution in [0.2, 0.25) is 0 Å². The van der Waals surface area contributed by atoms with Crippen molar-refractivity contribution in [2.75, 3.05) is 0 Å². The summed E-state index contributed by atoms with van der Waals surface area (Å²) in [6.07, 6.45) is 0. The van der Waals surface area contributed by atoms with Gasteiger partial charge in [0.25, 0.3) is 0 Å². The predicted octanol–water partition coefficient (Wildman–Crippen LogP) is 2.08. The number of thiophene rings is 1. The highest BCUT2D eigenvalue weighted by Gasteiger charge is 2.16. The van der Waals surface area contributed by atoms with E-state index >= 15 is 0 Å². The van der Waals surface area contributed by atoms with E-state index < -0.39 is 6.04 Å². The van der Waals surface area contributed by atoms with Crippen LogP contribution >= 0.6 is 23.7 Å². The fourth-order valence-corrected chi connectivity index (χ4v) is 2.02. The van der Waals surface area contributed by atoms with Crippen molar-refractivity contribution in [3.8, 4) is 0 Å². The standard InChI is InChI=1S/C11H18N2OS.ClH/c1-7(2)10(12)11(14)13-6-9-8(3)4-5-15-9;/h4-5,7,10H,6,12H2,1-3H3,(H,13,14);1H. The number of aryl methyl sites for hydroxylation is 1. The Balaban J connectivity index is 0.00000225. The van der Waals surface area contributed by atoms with E-state index in [1.54, 1.807) is 11.3 Å². The van der Waals surface area contributed by atoms with E-state index in [0.717, 1.165) is 0 Å². The molecule has 16 heavy (non-hydrogen) atoms. The third kappa shape index (κ3) is 4.12. The number of carbonyl (C=O) groups is 1. The number of rotatable bonds is 4. The van der Waals surface area contributed by atoms with Crippen LogP contribution in [0, 0.1) is 12.8 Å². The maximum absolute atomic E-state index is 11.6. The minimum Gasteiger partial charge on any atom is -0.350 e. The first-order chi connectivity index (χ1) is 7.02. The number of nitrogens with two attached hydrogens (primary N) is 1. The van der Waals surface area contributed by atoms with Gasteiger partial charge in [-0.25, -0.2) is 0 Å². The first-order valence-electron chi connectivity index (χ1n) is 5.08. The third-order valence-electron chi connectivity index (χ3n) is 2.41. The molecule has 3 nitrogen and oxygen atoms in total. The van der Waals surface area contributed by atoms with Crippen molar-refractivity contribution in [2.45, 2.75) is 33.4 Å². The Morgan fingerprint density at radius 2 is 2.19 bits per heavy atom. The molecular weight excluding hydrogens is 244 g/mol. The molecular formula is C11H19ClN2OS. The van der Waals surface area contributed by atoms with Crippen LogP contribution in [-0.2, 0) is 11.3 Å². The Bertz CT molecular complexity index is 338. The van der Waals surface area contributed by atoms with Gasteiger partial charge < -0.3 is 11.1 Å². The Morgan fingerprint density at radius 1 is 1.56 bits per heavy atom. The largest absolute Gasteiger partial charge is 0.350 e. The summed E-state index contributed by atoms with van der Waals surface area (Å²) in [6.45, 7) is 6.52. The topological polar surface area (TPSA) is 55.1 Å². The minimum absolute atomic E-state index is 0. The molecule has 0 aromatic carbocycles. The second kappa shape index (κ2) is 6.89. The van der Waals surface area contributed by atoms with E-state index in [1.165, 1.54) is 10.4 Å². The van der Waals surface area contributed by atoms with Crippen molar-refractivity contribution in [1.29, 1.82) is 0 Å². The van der Waals surface area contributed by atoms with Crippen molar-refractivity contribution < 1.29 is 4.79 Å². The van der Waals surface area contributed by atoms with Crippen LogP contribution in [0.1, 0.15) is 24.3 Å². The number of hydrogen-bond donors (Lipinski definition) is 2. The molecule has 92 valence electrons. The monoisotopic (exact) mass is 262 g/mol. The molecule has 1 rings (SSSR count). The Labute approximate surface area is 107 Å². The van der Waals surface area contributed by atoms with E-state index in [9.17, 15) is 4.79 Å². The number of nitrogens with one attached hydrogen (secondary N) is 1. The molecule has 1 aromatic rings. The molecule has 3 N–H and O–H groups in total. The van der Waals surface area contributed by atoms with Gasteiger partial charge in [-0.15, -0.1) is 23.7 Å². The van der Waals surface area contributed by atoms with Gasteiger partial charge in [0.1, 0.15) is 0 Å². The van der Waals surface area contributed by atoms with Crippen molar-refractivity contribution in [3.63, 3.8) is 0 Å². The molecule has 1 unspecified atom stereocenters. The van der Waals surface area contributed by atoms with Crippen LogP contribution in [0.3, 0.4) is 0 Å². The van der Waals surface area contributed by atoms with E-state index in [2.05, 4.69) is 11.4 Å². The molecule has 0 radical (unpaired) electrons. The van der Waals surface area contributed by atoms with Crippen LogP contribution in [0.15, 0.2) is 11.4 Å². The van der Waals surface area contributed by atoms with Crippen LogP contribution < -0.4 is 11.1 Å². The van der Waals surface area contributed by atoms with Crippen LogP contribution in [0.5, 0.6) is 0 Å². The Hall–Kier alpha value is -0.580. The second-order valence-corrected chi connectivity index (χ2v) is 5.02. The lowest BCUT2D eigenvalue weighted by Gasteiger charge is -2.15. The molecule has 0 saturated heterocycles. The highest BCUT2D eigenvalue weighted by Crippen LogP contribution is 2.14. The van der Waals surface area contributed by atoms with Crippen molar-refractivity contribution in [2.24, 2.45) is 11.7 Å². The predicted molar refractivity (Wildman–Crippen MR) is 71.0 cm³/mol. The molecule has 1 amide bonds. The van der Waals surface area contributed by atoms with Gasteiger partial charge in [0.05, 0.1) is 12.6 Å². The summed E-state index contributed by atoms with van der Waals surface area (Å²) in [5.74, 6) is 0.104. The quantitative estimate of drug-likeness (QED) is 0.873. The average Bonchev–Trinajstić information content (AvgIpc) is 2.59. The van der Waals surface area contributed by atoms with Crippen molar-refractivity contribution >= 4 is 29.7 Å². The van der Waals surface area contributed by atoms with Gasteiger partial charge in [-0.1, -0.05) is 13.8 Å². The number of amides is 1. The van der Waals surface area contributed by atoms with E-state index in [1.807, 2.05) is 26.2 Å². The first-order valence-corrected chi connectivity index (χ1v) is 5.96. The first kappa shape index (κ1) is 15.4. The maximum Gasteiger partial charge on any atom is 0.237 e. The zero-order valence-corrected chi connectivity index (χ0v) is 11.5. The van der Waals surface area contributed by atoms with Gasteiger partial charge in [0.15, 0.2) is 0 Å². The molecule has 1 aromatic heterocycles. The lowest BCUT2D eigenvalue weighted by Crippen LogP contribution is -2.43. The summed E-state index contributed by atoms with van der Waals surface area (Å²) in [6, 6.07) is 1.64. The molecule has 1 heterocycles. The van der Waals surface area contributed by atoms with Gasteiger partial charge in [-0.3, -0.25) is 4.79 Å². The lowest BCUT2D eigenvalue weighted by atomic mass is 10.1. The van der Waals surface area contributed by atoms with E-state index in [4.69, 9.17) is 5.73 Å². The fraction of sp³-hybridized carbons (Fsp3) is 0.545. The number of carbonyl (C=O) groups excluding carboxylic acids is 1. The molecule has 1 atom stereocenters. The van der Waals surface area contributed by atoms with Gasteiger partial charge in [-0.05, 0) is 29.9 Å². The molecule has 0 aliphatic carbocycles. The summed E-state index contributed by atoms with van der Waals surface area (Å²) < 4.78 is 0. The molecule has 0 saturated carbocycles. The normalized spacial score (nSPS) is 12.1. The van der Waals surface area contributed by atoms with Gasteiger partial charge in [-0.2, -0.15) is 0 Å². The fourth-order valence-electron chi connectivity index (χ4n) is 1.17. The molecule has 0 aliphatic heterocycles. The highest BCUT2D eigenvalue weighted by molar-refractivity contribution is 7.10. The average molecular weight is 263 g/mol. The van der Waals surface area contributed by atoms with Gasteiger partial charge in [0, 0.05) is 4.88 Å². The zero-order chi connectivity index (χ0) is 11.4. The zero-order valence-electron chi connectivity index (χ0n) is 9.82. The number of hydrogen-bond acceptors (Lipinski definition) is 3. The number of halogens is 1. The third-order valence-corrected chi connectivity index (χ3v) is 3.44. The van der Waals surface area contributed by atoms with Crippen molar-refractivity contribution in [3.05, 3.63) is 21.9 Å². The van der Waals surface area contributed by atoms with Crippen LogP contribution in [0.4, 0.5) is 0 Å². The van der Waals surface area contributed by atoms with Crippen LogP contribution in [-0.4, -0.2) is 11.9 Å². The van der Waals surface area contributed by atoms with Crippen LogP contribution in [0.25, 0.3) is 0 Å². The van der Waals surface area contributed by atoms with Crippen molar-refractivity contribution in [1.82, 2.24) is 5.32 Å². The molecule has 5 heteroatoms. The maximum atomic E-state index is 11.6. The molecule has 0 aliphatic rings. The summed E-state index contributed by atoms with van der Waals surface area (Å²) >= 11 is 1.66. The Morgan fingerprint density at radius 3 is 2.62 bits per heavy atom. The van der Waals surface area contributed by atoms with Gasteiger partial charge in [0.2, 0.25) is 5.91 Å². The van der Waals surface area contributed by atoms with E-state index in [0.29, 0.717) is 6.54 Å². The lowest BCUT2D eigenvalue weighted by molar-refractivity contribution is -0.123. The summed E-state index contributed by atoms with van der Waals surface area (Å²) in [5, 5.41) is 4.88. The summed E-state index contributed by atoms with van der Waals surface area (Å²) in [7, 11) is 0. The van der Waals surface area contributed by atoms with E-state index in [-0.39, 0.29) is 24.2 Å². The molecule has 0 fully saturated rings. The summed E-state index contributed by atoms with van der Waals surface area (Å²) in [4.78, 5) is 12.8. The molecule has 0 spiro atoms. The second-order valence-electron chi connectivity index (χ2n) is 4.01.